The number of hydrogen-bond donors (Lipinski definition) is 1. The van der Waals surface area contributed by atoms with E-state index >= 15 is 0 Å². The Kier molecular flexibility index (Phi) is 4.41. The molecule has 0 heterocycles. The second-order valence-electron chi connectivity index (χ2n) is 4.01. The molecule has 1 N–H and O–H groups in total. The third kappa shape index (κ3) is 3.30. The number of anilines is 1. The topological polar surface area (TPSA) is 52.9 Å². The van der Waals surface area contributed by atoms with Gasteiger partial charge < -0.3 is 5.32 Å². The normalized spacial score (nSPS) is 10.0. The largest absolute Gasteiger partial charge is 0.321 e. The molecule has 2 aromatic carbocycles. The number of halogens is 4. The first kappa shape index (κ1) is 15.2. The molecule has 7 heteroatoms. The summed E-state index contributed by atoms with van der Waals surface area (Å²) in [5, 5.41) is 10.7. The van der Waals surface area contributed by atoms with Gasteiger partial charge in [-0.3, -0.25) is 4.79 Å². The summed E-state index contributed by atoms with van der Waals surface area (Å²) in [7, 11) is 0. The van der Waals surface area contributed by atoms with Crippen LogP contribution in [0.3, 0.4) is 0 Å². The minimum absolute atomic E-state index is 0.109. The molecule has 0 saturated carbocycles. The Morgan fingerprint density at radius 2 is 1.81 bits per heavy atom. The van der Waals surface area contributed by atoms with Gasteiger partial charge in [0.05, 0.1) is 32.9 Å². The molecule has 106 valence electrons. The molecule has 0 unspecified atom stereocenters. The average molecular weight is 327 g/mol. The molecule has 0 fully saturated rings. The highest BCUT2D eigenvalue weighted by molar-refractivity contribution is 6.34. The Morgan fingerprint density at radius 1 is 1.10 bits per heavy atom. The van der Waals surface area contributed by atoms with Crippen LogP contribution in [0.25, 0.3) is 0 Å². The minimum Gasteiger partial charge on any atom is -0.321 e. The summed E-state index contributed by atoms with van der Waals surface area (Å²) in [6, 6.07) is 7.46. The van der Waals surface area contributed by atoms with Gasteiger partial charge in [-0.15, -0.1) is 0 Å². The molecule has 2 aromatic rings. The minimum atomic E-state index is -0.955. The first-order valence-corrected chi connectivity index (χ1v) is 6.33. The molecular formula is C14H6Cl2F2N2O. The quantitative estimate of drug-likeness (QED) is 0.832. The summed E-state index contributed by atoms with van der Waals surface area (Å²) >= 11 is 11.3. The van der Waals surface area contributed by atoms with Gasteiger partial charge in [0, 0.05) is 0 Å². The number of nitrogens with one attached hydrogen (secondary N) is 1. The lowest BCUT2D eigenvalue weighted by molar-refractivity contribution is 0.102. The number of carbonyl (C=O) groups is 1. The molecule has 21 heavy (non-hydrogen) atoms. The second-order valence-corrected chi connectivity index (χ2v) is 4.82. The van der Waals surface area contributed by atoms with Crippen LogP contribution in [0.5, 0.6) is 0 Å². The first-order valence-electron chi connectivity index (χ1n) is 5.58. The van der Waals surface area contributed by atoms with Crippen LogP contribution >= 0.6 is 23.2 Å². The van der Waals surface area contributed by atoms with Crippen LogP contribution in [0.2, 0.25) is 10.0 Å². The predicted octanol–water partition coefficient (Wildman–Crippen LogP) is 4.40. The van der Waals surface area contributed by atoms with Crippen LogP contribution in [0.1, 0.15) is 15.9 Å². The van der Waals surface area contributed by atoms with E-state index < -0.39 is 28.1 Å². The zero-order valence-corrected chi connectivity index (χ0v) is 11.8. The SMILES string of the molecule is N#Cc1ccc(NC(=O)c2cc(F)c(Cl)cc2F)c(Cl)c1. The summed E-state index contributed by atoms with van der Waals surface area (Å²) in [5.41, 5.74) is -0.0190. The number of nitriles is 1. The van der Waals surface area contributed by atoms with Gasteiger partial charge in [-0.25, -0.2) is 8.78 Å². The van der Waals surface area contributed by atoms with E-state index in [1.807, 2.05) is 6.07 Å². The van der Waals surface area contributed by atoms with E-state index in [1.54, 1.807) is 0 Å². The molecule has 3 nitrogen and oxygen atoms in total. The molecule has 0 aliphatic heterocycles. The second kappa shape index (κ2) is 6.08. The standard InChI is InChI=1S/C14H6Cl2F2N2O/c15-9-5-11(17)8(4-12(9)18)14(21)20-13-2-1-7(6-19)3-10(13)16/h1-5H,(H,20,21). The Labute approximate surface area is 128 Å². The van der Waals surface area contributed by atoms with E-state index in [0.717, 1.165) is 0 Å². The van der Waals surface area contributed by atoms with Crippen molar-refractivity contribution in [2.75, 3.05) is 5.32 Å². The lowest BCUT2D eigenvalue weighted by Gasteiger charge is -2.08. The van der Waals surface area contributed by atoms with Crippen LogP contribution in [-0.4, -0.2) is 5.91 Å². The Bertz CT molecular complexity index is 772. The van der Waals surface area contributed by atoms with E-state index in [9.17, 15) is 13.6 Å². The highest BCUT2D eigenvalue weighted by Gasteiger charge is 2.16. The van der Waals surface area contributed by atoms with Crippen LogP contribution < -0.4 is 5.32 Å². The average Bonchev–Trinajstić information content (AvgIpc) is 2.44. The molecule has 0 radical (unpaired) electrons. The fourth-order valence-electron chi connectivity index (χ4n) is 1.57. The van der Waals surface area contributed by atoms with Crippen molar-refractivity contribution in [3.8, 4) is 6.07 Å². The molecule has 0 saturated heterocycles. The molecule has 0 aromatic heterocycles. The zero-order chi connectivity index (χ0) is 15.6. The monoisotopic (exact) mass is 326 g/mol. The number of benzene rings is 2. The number of amides is 1. The maximum Gasteiger partial charge on any atom is 0.258 e. The molecule has 0 aliphatic rings. The maximum absolute atomic E-state index is 13.6. The smallest absolute Gasteiger partial charge is 0.258 e. The molecule has 1 amide bonds. The number of hydrogen-bond acceptors (Lipinski definition) is 2. The molecule has 0 aliphatic carbocycles. The van der Waals surface area contributed by atoms with Crippen LogP contribution in [0.4, 0.5) is 14.5 Å². The molecule has 0 spiro atoms. The summed E-state index contributed by atoms with van der Waals surface area (Å²) in [6.45, 7) is 0. The highest BCUT2D eigenvalue weighted by atomic mass is 35.5. The van der Waals surface area contributed by atoms with Crippen molar-refractivity contribution in [1.29, 1.82) is 5.26 Å². The number of carbonyl (C=O) groups excluding carboxylic acids is 1. The summed E-state index contributed by atoms with van der Waals surface area (Å²) in [4.78, 5) is 11.9. The highest BCUT2D eigenvalue weighted by Crippen LogP contribution is 2.25. The van der Waals surface area contributed by atoms with Gasteiger partial charge >= 0.3 is 0 Å². The van der Waals surface area contributed by atoms with Gasteiger partial charge in [0.15, 0.2) is 0 Å². The van der Waals surface area contributed by atoms with Crippen LogP contribution in [0.15, 0.2) is 30.3 Å². The summed E-state index contributed by atoms with van der Waals surface area (Å²) < 4.78 is 26.9. The van der Waals surface area contributed by atoms with Crippen molar-refractivity contribution < 1.29 is 13.6 Å². The lowest BCUT2D eigenvalue weighted by atomic mass is 10.1. The van der Waals surface area contributed by atoms with Gasteiger partial charge in [-0.05, 0) is 30.3 Å². The maximum atomic E-state index is 13.6. The zero-order valence-electron chi connectivity index (χ0n) is 10.3. The fourth-order valence-corrected chi connectivity index (χ4v) is 1.95. The predicted molar refractivity (Wildman–Crippen MR) is 75.5 cm³/mol. The van der Waals surface area contributed by atoms with Gasteiger partial charge in [0.2, 0.25) is 0 Å². The first-order chi connectivity index (χ1) is 9.92. The van der Waals surface area contributed by atoms with Crippen LogP contribution in [-0.2, 0) is 0 Å². The molecule has 0 atom stereocenters. The van der Waals surface area contributed by atoms with E-state index in [-0.39, 0.29) is 10.7 Å². The molecular weight excluding hydrogens is 321 g/mol. The Morgan fingerprint density at radius 3 is 2.43 bits per heavy atom. The van der Waals surface area contributed by atoms with Gasteiger partial charge in [-0.1, -0.05) is 23.2 Å². The van der Waals surface area contributed by atoms with Crippen LogP contribution in [0, 0.1) is 23.0 Å². The van der Waals surface area contributed by atoms with Crippen molar-refractivity contribution in [2.24, 2.45) is 0 Å². The van der Waals surface area contributed by atoms with Gasteiger partial charge in [0.25, 0.3) is 5.91 Å². The van der Waals surface area contributed by atoms with Crippen molar-refractivity contribution in [1.82, 2.24) is 0 Å². The summed E-state index contributed by atoms with van der Waals surface area (Å²) in [5.74, 6) is -2.74. The van der Waals surface area contributed by atoms with Crippen molar-refractivity contribution in [2.45, 2.75) is 0 Å². The van der Waals surface area contributed by atoms with E-state index in [1.165, 1.54) is 18.2 Å². The van der Waals surface area contributed by atoms with E-state index in [0.29, 0.717) is 17.7 Å². The Hall–Kier alpha value is -2.16. The third-order valence-corrected chi connectivity index (χ3v) is 3.20. The third-order valence-electron chi connectivity index (χ3n) is 2.60. The number of nitrogens with zero attached hydrogens (tertiary/aromatic N) is 1. The lowest BCUT2D eigenvalue weighted by Crippen LogP contribution is -2.14. The van der Waals surface area contributed by atoms with E-state index in [4.69, 9.17) is 28.5 Å². The van der Waals surface area contributed by atoms with Crippen molar-refractivity contribution in [3.05, 3.63) is 63.1 Å². The summed E-state index contributed by atoms with van der Waals surface area (Å²) in [6.07, 6.45) is 0. The van der Waals surface area contributed by atoms with Gasteiger partial charge in [0.1, 0.15) is 11.6 Å². The fraction of sp³-hybridized carbons (Fsp3) is 0. The van der Waals surface area contributed by atoms with Gasteiger partial charge in [-0.2, -0.15) is 5.26 Å². The van der Waals surface area contributed by atoms with E-state index in [2.05, 4.69) is 5.32 Å². The van der Waals surface area contributed by atoms with Crippen molar-refractivity contribution in [3.63, 3.8) is 0 Å². The molecule has 0 bridgehead atoms. The molecule has 2 rings (SSSR count). The Balaban J connectivity index is 2.31. The van der Waals surface area contributed by atoms with Crippen molar-refractivity contribution >= 4 is 34.8 Å². The number of rotatable bonds is 2.